The third-order valence-corrected chi connectivity index (χ3v) is 15.2. The molecular formula is C48H60BFN4O7S. The normalized spacial score (nSPS) is 23.2. The second kappa shape index (κ2) is 16.2. The van der Waals surface area contributed by atoms with Gasteiger partial charge in [-0.15, -0.1) is 11.3 Å². The molecule has 330 valence electrons. The first-order valence-electron chi connectivity index (χ1n) is 22.0. The number of carbonyl (C=O) groups excluding carboxylic acids is 2. The molecule has 5 heterocycles. The number of nitrogens with zero attached hydrogens (tertiary/aromatic N) is 2. The molecule has 2 amide bonds. The molecule has 8 rings (SSSR count). The first-order chi connectivity index (χ1) is 29.2. The van der Waals surface area contributed by atoms with Gasteiger partial charge in [-0.25, -0.2) is 14.2 Å². The fraction of sp³-hybridized carbons (Fsp3) is 0.521. The second-order valence-corrected chi connectivity index (χ2v) is 20.4. The van der Waals surface area contributed by atoms with Crippen LogP contribution in [0.15, 0.2) is 42.6 Å². The van der Waals surface area contributed by atoms with Crippen LogP contribution >= 0.6 is 11.3 Å². The molecule has 2 fully saturated rings. The van der Waals surface area contributed by atoms with Crippen molar-refractivity contribution in [2.75, 3.05) is 13.7 Å². The molecule has 14 heteroatoms. The summed E-state index contributed by atoms with van der Waals surface area (Å²) in [6.45, 7) is 20.3. The van der Waals surface area contributed by atoms with Gasteiger partial charge in [0.2, 0.25) is 5.91 Å². The Kier molecular flexibility index (Phi) is 11.6. The van der Waals surface area contributed by atoms with E-state index < -0.39 is 48.0 Å². The molecule has 3 aliphatic heterocycles. The number of allylic oxidation sites excluding steroid dienone is 1. The summed E-state index contributed by atoms with van der Waals surface area (Å²) >= 11 is 1.42. The number of methoxy groups -OCH3 is 1. The smallest absolute Gasteiger partial charge is 0.484 e. The van der Waals surface area contributed by atoms with Crippen LogP contribution in [0.5, 0.6) is 5.75 Å². The van der Waals surface area contributed by atoms with Crippen LogP contribution < -0.4 is 15.5 Å². The zero-order chi connectivity index (χ0) is 44.6. The summed E-state index contributed by atoms with van der Waals surface area (Å²) < 4.78 is 42.0. The molecule has 5 atom stereocenters. The number of carbonyl (C=O) groups is 2. The summed E-state index contributed by atoms with van der Waals surface area (Å²) in [6.07, 6.45) is 5.55. The number of nitrogens with one attached hydrogen (secondary N) is 2. The van der Waals surface area contributed by atoms with Gasteiger partial charge in [-0.1, -0.05) is 52.0 Å². The van der Waals surface area contributed by atoms with Crippen molar-refractivity contribution in [2.24, 2.45) is 11.8 Å². The maximum atomic E-state index is 17.2. The molecule has 2 saturated heterocycles. The Bertz CT molecular complexity index is 2400. The Labute approximate surface area is 368 Å². The van der Waals surface area contributed by atoms with E-state index in [0.717, 1.165) is 56.8 Å². The maximum absolute atomic E-state index is 17.2. The van der Waals surface area contributed by atoms with Gasteiger partial charge < -0.3 is 39.1 Å². The van der Waals surface area contributed by atoms with Crippen LogP contribution in [0, 0.1) is 17.7 Å². The summed E-state index contributed by atoms with van der Waals surface area (Å²) in [4.78, 5) is 37.2. The number of aromatic amines is 1. The molecule has 4 aliphatic rings. The van der Waals surface area contributed by atoms with Crippen molar-refractivity contribution in [1.82, 2.24) is 20.2 Å². The zero-order valence-electron chi connectivity index (χ0n) is 37.8. The number of benzene rings is 2. The highest BCUT2D eigenvalue weighted by Gasteiger charge is 2.52. The van der Waals surface area contributed by atoms with E-state index >= 15 is 4.39 Å². The van der Waals surface area contributed by atoms with Crippen molar-refractivity contribution in [2.45, 2.75) is 136 Å². The third-order valence-electron chi connectivity index (χ3n) is 13.8. The van der Waals surface area contributed by atoms with Crippen LogP contribution in [-0.4, -0.2) is 70.0 Å². The average molecular weight is 867 g/mol. The molecule has 0 radical (unpaired) electrons. The Morgan fingerprint density at radius 2 is 1.87 bits per heavy atom. The number of rotatable bonds is 9. The molecule has 0 saturated carbocycles. The molecule has 3 N–H and O–H groups in total. The first kappa shape index (κ1) is 44.1. The van der Waals surface area contributed by atoms with E-state index in [9.17, 15) is 14.7 Å². The molecular weight excluding hydrogens is 806 g/mol. The number of hydrogen-bond acceptors (Lipinski definition) is 9. The Balaban J connectivity index is 1.21. The molecule has 5 unspecified atom stereocenters. The van der Waals surface area contributed by atoms with Crippen molar-refractivity contribution in [1.29, 1.82) is 0 Å². The van der Waals surface area contributed by atoms with Crippen LogP contribution in [0.1, 0.15) is 144 Å². The topological polar surface area (TPSA) is 135 Å². The molecule has 4 aromatic rings. The van der Waals surface area contributed by atoms with Crippen LogP contribution in [0.4, 0.5) is 9.18 Å². The number of H-pyrrole nitrogens is 1. The number of alkyl carbamates (subject to hydrolysis) is 1. The minimum Gasteiger partial charge on any atom is -0.484 e. The van der Waals surface area contributed by atoms with Crippen molar-refractivity contribution < 1.29 is 37.9 Å². The number of halogens is 1. The van der Waals surface area contributed by atoms with Crippen LogP contribution in [-0.2, 0) is 30.9 Å². The molecule has 2 aromatic carbocycles. The standard InChI is InChI=1S/C48H60BFN4O7S/c1-12-27-22-35(52-41(27)36-14-13-17-54(36)43(55)40(25(2)3)53-45(56)58-11)29-21-34(50)39-30-18-28-19-31(49-60-47(7,8)48(9,10)61-49)15-16-32(28)26(4)33(20-30)42(59-37(39)23-29)38-24-51-44(62-38)46(5,6)57/h15-16,18-19,21-26,33,36,40,42,52,57H,12-14,17,20H2,1-11H3,(H,53,56). The van der Waals surface area contributed by atoms with Crippen molar-refractivity contribution in [3.8, 4) is 17.0 Å². The van der Waals surface area contributed by atoms with Crippen molar-refractivity contribution in [3.05, 3.63) is 86.2 Å². The minimum atomic E-state index is -1.14. The van der Waals surface area contributed by atoms with Crippen LogP contribution in [0.2, 0.25) is 0 Å². The third kappa shape index (κ3) is 7.90. The fourth-order valence-corrected chi connectivity index (χ4v) is 10.5. The Morgan fingerprint density at radius 1 is 1.15 bits per heavy atom. The van der Waals surface area contributed by atoms with E-state index in [4.69, 9.17) is 18.8 Å². The quantitative estimate of drug-likeness (QED) is 0.142. The van der Waals surface area contributed by atoms with Gasteiger partial charge in [-0.05, 0) is 125 Å². The van der Waals surface area contributed by atoms with Gasteiger partial charge in [0.15, 0.2) is 0 Å². The number of aryl methyl sites for hydroxylation is 1. The van der Waals surface area contributed by atoms with Crippen molar-refractivity contribution in [3.63, 3.8) is 0 Å². The van der Waals surface area contributed by atoms with Gasteiger partial charge in [0.05, 0.1) is 34.8 Å². The van der Waals surface area contributed by atoms with Gasteiger partial charge in [0.25, 0.3) is 0 Å². The monoisotopic (exact) mass is 866 g/mol. The SMILES string of the molecule is CCc1cc(-c2cc(F)c3c(c2)OC(c2cnc(C(C)(C)O)s2)C2CC3=Cc3cc(B4OC(C)(C)C(C)(C)O4)ccc3C2C)[nH]c1C1CCCN1C(=O)C(NC(=O)OC)C(C)C. The van der Waals surface area contributed by atoms with E-state index in [-0.39, 0.29) is 29.7 Å². The van der Waals surface area contributed by atoms with E-state index in [2.05, 4.69) is 59.5 Å². The number of hydrogen-bond donors (Lipinski definition) is 3. The average Bonchev–Trinajstić information content (AvgIpc) is 3.99. The highest BCUT2D eigenvalue weighted by Crippen LogP contribution is 2.53. The number of likely N-dealkylation sites (tertiary alicyclic amines) is 1. The fourth-order valence-electron chi connectivity index (χ4n) is 9.51. The largest absolute Gasteiger partial charge is 0.494 e. The maximum Gasteiger partial charge on any atom is 0.494 e. The highest BCUT2D eigenvalue weighted by molar-refractivity contribution is 7.11. The first-order valence-corrected chi connectivity index (χ1v) is 22.8. The van der Waals surface area contributed by atoms with E-state index in [1.165, 1.54) is 18.4 Å². The van der Waals surface area contributed by atoms with Gasteiger partial charge >= 0.3 is 13.2 Å². The van der Waals surface area contributed by atoms with E-state index in [1.807, 2.05) is 52.5 Å². The molecule has 2 bridgehead atoms. The highest BCUT2D eigenvalue weighted by atomic mass is 32.1. The zero-order valence-corrected chi connectivity index (χ0v) is 38.6. The Morgan fingerprint density at radius 3 is 2.52 bits per heavy atom. The Hall–Kier alpha value is -4.50. The van der Waals surface area contributed by atoms with Gasteiger partial charge in [-0.3, -0.25) is 4.79 Å². The molecule has 11 nitrogen and oxygen atoms in total. The number of amides is 2. The molecule has 1 aliphatic carbocycles. The minimum absolute atomic E-state index is 0.00566. The summed E-state index contributed by atoms with van der Waals surface area (Å²) in [5.74, 6) is -0.397. The van der Waals surface area contributed by atoms with Crippen LogP contribution in [0.25, 0.3) is 22.9 Å². The molecule has 62 heavy (non-hydrogen) atoms. The lowest BCUT2D eigenvalue weighted by molar-refractivity contribution is -0.135. The van der Waals surface area contributed by atoms with Gasteiger partial charge in [-0.2, -0.15) is 0 Å². The molecule has 2 aromatic heterocycles. The van der Waals surface area contributed by atoms with E-state index in [1.54, 1.807) is 26.1 Å². The predicted molar refractivity (Wildman–Crippen MR) is 241 cm³/mol. The van der Waals surface area contributed by atoms with Gasteiger partial charge in [0.1, 0.15) is 34.3 Å². The lowest BCUT2D eigenvalue weighted by atomic mass is 9.75. The summed E-state index contributed by atoms with van der Waals surface area (Å²) in [5.41, 5.74) is 5.40. The lowest BCUT2D eigenvalue weighted by Gasteiger charge is -2.32. The number of aliphatic hydroxyl groups is 1. The number of fused-ring (bicyclic) bond motifs is 5. The van der Waals surface area contributed by atoms with Gasteiger partial charge in [0, 0.05) is 35.6 Å². The van der Waals surface area contributed by atoms with Crippen LogP contribution in [0.3, 0.4) is 0 Å². The summed E-state index contributed by atoms with van der Waals surface area (Å²) in [6, 6.07) is 10.9. The summed E-state index contributed by atoms with van der Waals surface area (Å²) in [7, 11) is 0.738. The summed E-state index contributed by atoms with van der Waals surface area (Å²) in [5, 5.41) is 14.3. The molecule has 0 spiro atoms. The number of thiazole rings is 1. The van der Waals surface area contributed by atoms with E-state index in [0.29, 0.717) is 41.3 Å². The number of aromatic nitrogens is 2. The lowest BCUT2D eigenvalue weighted by Crippen LogP contribution is -2.51. The van der Waals surface area contributed by atoms with Crippen molar-refractivity contribution >= 4 is 47.6 Å². The predicted octanol–water partition coefficient (Wildman–Crippen LogP) is 9.21. The second-order valence-electron chi connectivity index (χ2n) is 19.3. The number of ether oxygens (including phenoxy) is 2.